The molecular weight excluding hydrogens is 314 g/mol. The zero-order valence-electron chi connectivity index (χ0n) is 13.0. The summed E-state index contributed by atoms with van der Waals surface area (Å²) >= 11 is 0. The molecule has 4 rings (SSSR count). The number of carbonyl (C=O) groups is 3. The summed E-state index contributed by atoms with van der Waals surface area (Å²) in [7, 11) is 0. The maximum atomic E-state index is 12.5. The molecule has 0 unspecified atom stereocenters. The molecule has 0 radical (unpaired) electrons. The minimum absolute atomic E-state index is 0.0421. The molecule has 0 saturated carbocycles. The predicted octanol–water partition coefficient (Wildman–Crippen LogP) is -0.873. The van der Waals surface area contributed by atoms with Gasteiger partial charge in [-0.1, -0.05) is 6.07 Å². The van der Waals surface area contributed by atoms with Crippen LogP contribution in [-0.2, 0) is 20.8 Å². The van der Waals surface area contributed by atoms with Crippen LogP contribution in [0, 0.1) is 0 Å². The van der Waals surface area contributed by atoms with Crippen molar-refractivity contribution < 1.29 is 23.9 Å². The van der Waals surface area contributed by atoms with Gasteiger partial charge in [-0.25, -0.2) is 0 Å². The molecule has 1 N–H and O–H groups in total. The number of nitrogens with one attached hydrogen (secondary N) is 1. The Morgan fingerprint density at radius 3 is 2.92 bits per heavy atom. The number of rotatable bonds is 2. The number of nitrogens with zero attached hydrogens (tertiary/aromatic N) is 2. The van der Waals surface area contributed by atoms with E-state index in [1.54, 1.807) is 21.9 Å². The van der Waals surface area contributed by atoms with Crippen molar-refractivity contribution in [2.45, 2.75) is 12.5 Å². The SMILES string of the molecule is O=C1NCC(=O)N2CCN(C(=O)Cc3ccc4c(c3)OCO4)C[C@H]12. The second-order valence-corrected chi connectivity index (χ2v) is 6.02. The smallest absolute Gasteiger partial charge is 0.245 e. The molecule has 0 aromatic heterocycles. The normalized spacial score (nSPS) is 22.2. The lowest BCUT2D eigenvalue weighted by Gasteiger charge is -2.42. The lowest BCUT2D eigenvalue weighted by atomic mass is 10.1. The molecule has 0 aliphatic carbocycles. The van der Waals surface area contributed by atoms with Crippen LogP contribution < -0.4 is 14.8 Å². The van der Waals surface area contributed by atoms with E-state index in [2.05, 4.69) is 5.32 Å². The molecular formula is C16H17N3O5. The number of hydrogen-bond acceptors (Lipinski definition) is 5. The van der Waals surface area contributed by atoms with Crippen molar-refractivity contribution in [2.24, 2.45) is 0 Å². The Balaban J connectivity index is 1.43. The van der Waals surface area contributed by atoms with Crippen molar-refractivity contribution in [1.82, 2.24) is 15.1 Å². The van der Waals surface area contributed by atoms with E-state index in [1.807, 2.05) is 6.07 Å². The fourth-order valence-corrected chi connectivity index (χ4v) is 3.25. The van der Waals surface area contributed by atoms with Crippen LogP contribution >= 0.6 is 0 Å². The zero-order valence-corrected chi connectivity index (χ0v) is 13.0. The molecule has 8 heteroatoms. The van der Waals surface area contributed by atoms with Crippen LogP contribution in [0.2, 0.25) is 0 Å². The van der Waals surface area contributed by atoms with Gasteiger partial charge in [-0.2, -0.15) is 0 Å². The van der Waals surface area contributed by atoms with Crippen molar-refractivity contribution in [3.63, 3.8) is 0 Å². The number of fused-ring (bicyclic) bond motifs is 2. The van der Waals surface area contributed by atoms with Crippen molar-refractivity contribution in [3.8, 4) is 11.5 Å². The number of benzene rings is 1. The number of ether oxygens (including phenoxy) is 2. The van der Waals surface area contributed by atoms with Crippen molar-refractivity contribution in [1.29, 1.82) is 0 Å². The number of hydrogen-bond donors (Lipinski definition) is 1. The molecule has 0 bridgehead atoms. The highest BCUT2D eigenvalue weighted by Gasteiger charge is 2.39. The van der Waals surface area contributed by atoms with Crippen LogP contribution in [0.3, 0.4) is 0 Å². The maximum absolute atomic E-state index is 12.5. The van der Waals surface area contributed by atoms with Gasteiger partial charge in [0.1, 0.15) is 6.04 Å². The fourth-order valence-electron chi connectivity index (χ4n) is 3.25. The van der Waals surface area contributed by atoms with E-state index >= 15 is 0 Å². The minimum Gasteiger partial charge on any atom is -0.454 e. The van der Waals surface area contributed by atoms with Gasteiger partial charge in [-0.05, 0) is 17.7 Å². The summed E-state index contributed by atoms with van der Waals surface area (Å²) in [5.41, 5.74) is 0.829. The van der Waals surface area contributed by atoms with E-state index in [-0.39, 0.29) is 44.0 Å². The molecule has 3 amide bonds. The Kier molecular flexibility index (Phi) is 3.51. The first-order chi connectivity index (χ1) is 11.6. The monoisotopic (exact) mass is 331 g/mol. The maximum Gasteiger partial charge on any atom is 0.245 e. The summed E-state index contributed by atoms with van der Waals surface area (Å²) in [5.74, 6) is 0.955. The Morgan fingerprint density at radius 1 is 1.21 bits per heavy atom. The predicted molar refractivity (Wildman–Crippen MR) is 81.4 cm³/mol. The van der Waals surface area contributed by atoms with E-state index in [9.17, 15) is 14.4 Å². The molecule has 0 spiro atoms. The summed E-state index contributed by atoms with van der Waals surface area (Å²) in [4.78, 5) is 39.5. The van der Waals surface area contributed by atoms with Gasteiger partial charge in [0, 0.05) is 13.1 Å². The summed E-state index contributed by atoms with van der Waals surface area (Å²) in [6.07, 6.45) is 0.221. The van der Waals surface area contributed by atoms with Gasteiger partial charge in [-0.3, -0.25) is 14.4 Å². The third-order valence-corrected chi connectivity index (χ3v) is 4.56. The van der Waals surface area contributed by atoms with Crippen LogP contribution in [0.4, 0.5) is 0 Å². The van der Waals surface area contributed by atoms with Gasteiger partial charge in [0.05, 0.1) is 19.5 Å². The highest BCUT2D eigenvalue weighted by Crippen LogP contribution is 2.32. The molecule has 2 saturated heterocycles. The highest BCUT2D eigenvalue weighted by atomic mass is 16.7. The molecule has 3 aliphatic heterocycles. The minimum atomic E-state index is -0.583. The Labute approximate surface area is 138 Å². The van der Waals surface area contributed by atoms with Gasteiger partial charge >= 0.3 is 0 Å². The average molecular weight is 331 g/mol. The Morgan fingerprint density at radius 2 is 2.04 bits per heavy atom. The molecule has 24 heavy (non-hydrogen) atoms. The first-order valence-corrected chi connectivity index (χ1v) is 7.85. The fraction of sp³-hybridized carbons (Fsp3) is 0.438. The van der Waals surface area contributed by atoms with Gasteiger partial charge in [0.15, 0.2) is 11.5 Å². The highest BCUT2D eigenvalue weighted by molar-refractivity contribution is 5.95. The van der Waals surface area contributed by atoms with Crippen LogP contribution in [0.15, 0.2) is 18.2 Å². The first kappa shape index (κ1) is 14.8. The molecule has 2 fully saturated rings. The summed E-state index contributed by atoms with van der Waals surface area (Å²) in [6.45, 7) is 1.31. The summed E-state index contributed by atoms with van der Waals surface area (Å²) < 4.78 is 10.6. The second-order valence-electron chi connectivity index (χ2n) is 6.02. The van der Waals surface area contributed by atoms with Crippen LogP contribution in [-0.4, -0.2) is 66.5 Å². The first-order valence-electron chi connectivity index (χ1n) is 7.85. The largest absolute Gasteiger partial charge is 0.454 e. The van der Waals surface area contributed by atoms with Crippen LogP contribution in [0.25, 0.3) is 0 Å². The molecule has 3 aliphatic rings. The second kappa shape index (κ2) is 5.70. The van der Waals surface area contributed by atoms with E-state index < -0.39 is 6.04 Å². The van der Waals surface area contributed by atoms with Gasteiger partial charge in [0.25, 0.3) is 0 Å². The van der Waals surface area contributed by atoms with Gasteiger partial charge in [0.2, 0.25) is 24.5 Å². The third kappa shape index (κ3) is 2.53. The molecule has 1 atom stereocenters. The zero-order chi connectivity index (χ0) is 16.7. The Hall–Kier alpha value is -2.77. The van der Waals surface area contributed by atoms with Crippen LogP contribution in [0.5, 0.6) is 11.5 Å². The molecule has 126 valence electrons. The van der Waals surface area contributed by atoms with E-state index in [1.165, 1.54) is 0 Å². The van der Waals surface area contributed by atoms with E-state index in [0.717, 1.165) is 5.56 Å². The lowest BCUT2D eigenvalue weighted by Crippen LogP contribution is -2.66. The van der Waals surface area contributed by atoms with Gasteiger partial charge in [-0.15, -0.1) is 0 Å². The van der Waals surface area contributed by atoms with E-state index in [0.29, 0.717) is 24.6 Å². The summed E-state index contributed by atoms with van der Waals surface area (Å²) in [6, 6.07) is 4.84. The lowest BCUT2D eigenvalue weighted by molar-refractivity contribution is -0.152. The van der Waals surface area contributed by atoms with Crippen molar-refractivity contribution in [2.75, 3.05) is 33.0 Å². The molecule has 8 nitrogen and oxygen atoms in total. The average Bonchev–Trinajstić information content (AvgIpc) is 3.05. The number of amides is 3. The van der Waals surface area contributed by atoms with Crippen LogP contribution in [0.1, 0.15) is 5.56 Å². The number of piperazine rings is 2. The summed E-state index contributed by atoms with van der Waals surface area (Å²) in [5, 5.41) is 2.57. The van der Waals surface area contributed by atoms with Crippen molar-refractivity contribution >= 4 is 17.7 Å². The molecule has 1 aromatic rings. The van der Waals surface area contributed by atoms with Crippen molar-refractivity contribution in [3.05, 3.63) is 23.8 Å². The quantitative estimate of drug-likeness (QED) is 0.761. The Bertz CT molecular complexity index is 720. The van der Waals surface area contributed by atoms with E-state index in [4.69, 9.17) is 9.47 Å². The topological polar surface area (TPSA) is 88.2 Å². The standard InChI is InChI=1S/C16H17N3O5/c20-14(6-10-1-2-12-13(5-10)24-9-23-12)18-3-4-19-11(8-18)16(22)17-7-15(19)21/h1-2,5,11H,3-4,6-9H2,(H,17,22)/t11-/m1/s1. The van der Waals surface area contributed by atoms with Gasteiger partial charge < -0.3 is 24.6 Å². The molecule has 3 heterocycles. The third-order valence-electron chi connectivity index (χ3n) is 4.56. The number of carbonyl (C=O) groups excluding carboxylic acids is 3. The molecule has 1 aromatic carbocycles.